The second kappa shape index (κ2) is 9.97. The summed E-state index contributed by atoms with van der Waals surface area (Å²) in [7, 11) is -3.78. The summed E-state index contributed by atoms with van der Waals surface area (Å²) in [5, 5.41) is 19.1. The first-order chi connectivity index (χ1) is 17.4. The van der Waals surface area contributed by atoms with Crippen LogP contribution in [0.15, 0.2) is 121 Å². The number of hydrogen-bond donors (Lipinski definition) is 2. The zero-order valence-electron chi connectivity index (χ0n) is 18.3. The molecule has 0 aliphatic carbocycles. The summed E-state index contributed by atoms with van der Waals surface area (Å²) < 4.78 is 28.6. The topological polar surface area (TPSA) is 138 Å². The summed E-state index contributed by atoms with van der Waals surface area (Å²) in [5.41, 5.74) is 1.57. The van der Waals surface area contributed by atoms with Gasteiger partial charge in [0, 0.05) is 16.8 Å². The molecule has 4 aromatic rings. The lowest BCUT2D eigenvalue weighted by Crippen LogP contribution is -2.16. The minimum absolute atomic E-state index is 0.0855. The van der Waals surface area contributed by atoms with E-state index in [1.54, 1.807) is 72.9 Å². The van der Waals surface area contributed by atoms with E-state index in [1.807, 2.05) is 6.07 Å². The molecule has 1 aliphatic rings. The highest BCUT2D eigenvalue weighted by molar-refractivity contribution is 8.02. The van der Waals surface area contributed by atoms with E-state index in [-0.39, 0.29) is 10.8 Å². The highest BCUT2D eigenvalue weighted by atomic mass is 32.2. The van der Waals surface area contributed by atoms with Crippen molar-refractivity contribution in [2.24, 2.45) is 20.7 Å². The Hall–Kier alpha value is -3.94. The third kappa shape index (κ3) is 5.17. The summed E-state index contributed by atoms with van der Waals surface area (Å²) in [6.07, 6.45) is 1.55. The Morgan fingerprint density at radius 3 is 2.17 bits per heavy atom. The number of anilines is 2. The van der Waals surface area contributed by atoms with Crippen LogP contribution in [0.2, 0.25) is 0 Å². The first-order valence-electron chi connectivity index (χ1n) is 10.5. The molecule has 10 nitrogen and oxygen atoms in total. The minimum Gasteiger partial charge on any atom is -0.312 e. The van der Waals surface area contributed by atoms with Gasteiger partial charge in [-0.3, -0.25) is 9.52 Å². The van der Waals surface area contributed by atoms with Crippen LogP contribution in [0.25, 0.3) is 0 Å². The number of thiazole rings is 1. The van der Waals surface area contributed by atoms with Crippen molar-refractivity contribution in [1.29, 1.82) is 0 Å². The van der Waals surface area contributed by atoms with Crippen LogP contribution in [-0.2, 0) is 15.0 Å². The quantitative estimate of drug-likeness (QED) is 0.288. The Bertz CT molecular complexity index is 1530. The van der Waals surface area contributed by atoms with Crippen molar-refractivity contribution in [3.8, 4) is 0 Å². The standard InChI is InChI=1S/C23H17N7O3S3/c31-21(16-7-3-1-4-8-16)25-20-15-24-22(34-20)35-23(27-29-30-28-23)17-11-13-19(14-12-17)36(32,33)26-18-9-5-2-6-10-18/h1-15,26H,(H,25,31). The molecule has 0 atom stereocenters. The first kappa shape index (κ1) is 23.8. The third-order valence-electron chi connectivity index (χ3n) is 4.95. The number of hydrogen-bond acceptors (Lipinski definition) is 10. The van der Waals surface area contributed by atoms with Gasteiger partial charge in [0.1, 0.15) is 5.00 Å². The van der Waals surface area contributed by atoms with Gasteiger partial charge in [0.25, 0.3) is 20.9 Å². The fourth-order valence-electron chi connectivity index (χ4n) is 3.23. The molecule has 2 N–H and O–H groups in total. The zero-order chi connectivity index (χ0) is 25.0. The molecule has 0 radical (unpaired) electrons. The molecule has 0 saturated carbocycles. The van der Waals surface area contributed by atoms with Crippen LogP contribution < -0.4 is 10.0 Å². The lowest BCUT2D eigenvalue weighted by Gasteiger charge is -2.18. The molecule has 0 fully saturated rings. The molecule has 2 heterocycles. The maximum Gasteiger partial charge on any atom is 0.272 e. The van der Waals surface area contributed by atoms with Crippen LogP contribution in [0, 0.1) is 0 Å². The average Bonchev–Trinajstić information content (AvgIpc) is 3.55. The van der Waals surface area contributed by atoms with Crippen LogP contribution in [-0.4, -0.2) is 19.3 Å². The number of carbonyl (C=O) groups excluding carboxylic acids is 1. The Kier molecular flexibility index (Phi) is 6.59. The lowest BCUT2D eigenvalue weighted by molar-refractivity contribution is 0.102. The van der Waals surface area contributed by atoms with Crippen LogP contribution in [0.1, 0.15) is 15.9 Å². The van der Waals surface area contributed by atoms with Crippen molar-refractivity contribution < 1.29 is 13.2 Å². The average molecular weight is 536 g/mol. The Morgan fingerprint density at radius 2 is 1.50 bits per heavy atom. The molecule has 0 unspecified atom stereocenters. The molecule has 0 saturated heterocycles. The van der Waals surface area contributed by atoms with Crippen molar-refractivity contribution in [1.82, 2.24) is 4.98 Å². The van der Waals surface area contributed by atoms with Crippen molar-refractivity contribution in [3.63, 3.8) is 0 Å². The molecule has 0 bridgehead atoms. The van der Waals surface area contributed by atoms with E-state index in [4.69, 9.17) is 0 Å². The van der Waals surface area contributed by atoms with Crippen molar-refractivity contribution in [3.05, 3.63) is 102 Å². The van der Waals surface area contributed by atoms with E-state index < -0.39 is 15.0 Å². The number of nitrogens with zero attached hydrogens (tertiary/aromatic N) is 5. The largest absolute Gasteiger partial charge is 0.312 e. The van der Waals surface area contributed by atoms with Gasteiger partial charge < -0.3 is 5.32 Å². The molecule has 0 spiro atoms. The molecule has 3 aromatic carbocycles. The van der Waals surface area contributed by atoms with Gasteiger partial charge in [0.15, 0.2) is 4.34 Å². The summed E-state index contributed by atoms with van der Waals surface area (Å²) in [4.78, 5) is 15.6. The first-order valence-corrected chi connectivity index (χ1v) is 13.6. The normalized spacial score (nSPS) is 14.0. The van der Waals surface area contributed by atoms with Crippen LogP contribution in [0.3, 0.4) is 0 Å². The lowest BCUT2D eigenvalue weighted by atomic mass is 10.2. The number of benzene rings is 3. The predicted octanol–water partition coefficient (Wildman–Crippen LogP) is 5.93. The van der Waals surface area contributed by atoms with Gasteiger partial charge in [-0.25, -0.2) is 13.4 Å². The second-order valence-electron chi connectivity index (χ2n) is 7.40. The third-order valence-corrected chi connectivity index (χ3v) is 8.52. The van der Waals surface area contributed by atoms with Crippen LogP contribution >= 0.6 is 23.1 Å². The molecule has 13 heteroatoms. The Morgan fingerprint density at radius 1 is 0.861 bits per heavy atom. The Balaban J connectivity index is 1.33. The molecule has 5 rings (SSSR count). The SMILES string of the molecule is O=C(Nc1cnc(SC2(c3ccc(S(=O)(=O)Nc4ccccc4)cc3)N=NN=N2)s1)c1ccccc1. The molecule has 1 amide bonds. The molecule has 36 heavy (non-hydrogen) atoms. The highest BCUT2D eigenvalue weighted by Crippen LogP contribution is 2.48. The van der Waals surface area contributed by atoms with Gasteiger partial charge in [-0.15, -0.1) is 10.2 Å². The number of sulfonamides is 1. The van der Waals surface area contributed by atoms with Gasteiger partial charge in [0.05, 0.1) is 11.1 Å². The Labute approximate surface area is 214 Å². The number of rotatable bonds is 8. The number of thioether (sulfide) groups is 1. The van der Waals surface area contributed by atoms with Gasteiger partial charge in [-0.05, 0) is 58.6 Å². The van der Waals surface area contributed by atoms with Crippen molar-refractivity contribution in [2.75, 3.05) is 10.0 Å². The van der Waals surface area contributed by atoms with Crippen molar-refractivity contribution >= 4 is 49.7 Å². The van der Waals surface area contributed by atoms with Gasteiger partial charge in [-0.2, -0.15) is 0 Å². The van der Waals surface area contributed by atoms with E-state index in [9.17, 15) is 13.2 Å². The van der Waals surface area contributed by atoms with E-state index in [0.717, 1.165) is 0 Å². The molecule has 1 aliphatic heterocycles. The molecular weight excluding hydrogens is 519 g/mol. The van der Waals surface area contributed by atoms with Crippen molar-refractivity contribution in [2.45, 2.75) is 14.2 Å². The molecule has 180 valence electrons. The number of carbonyl (C=O) groups is 1. The van der Waals surface area contributed by atoms with Gasteiger partial charge in [-0.1, -0.05) is 59.9 Å². The maximum absolute atomic E-state index is 12.8. The summed E-state index contributed by atoms with van der Waals surface area (Å²) in [5.74, 6) is -0.244. The number of amides is 1. The fourth-order valence-corrected chi connectivity index (χ4v) is 6.37. The minimum atomic E-state index is -3.78. The van der Waals surface area contributed by atoms with E-state index in [2.05, 4.69) is 35.7 Å². The summed E-state index contributed by atoms with van der Waals surface area (Å²) in [6, 6.07) is 23.7. The molecule has 1 aromatic heterocycles. The predicted molar refractivity (Wildman–Crippen MR) is 137 cm³/mol. The summed E-state index contributed by atoms with van der Waals surface area (Å²) >= 11 is 2.44. The van der Waals surface area contributed by atoms with Gasteiger partial charge in [0.2, 0.25) is 0 Å². The van der Waals surface area contributed by atoms with Gasteiger partial charge >= 0.3 is 0 Å². The fraction of sp³-hybridized carbons (Fsp3) is 0.0435. The number of nitrogens with one attached hydrogen (secondary N) is 2. The number of para-hydroxylation sites is 1. The van der Waals surface area contributed by atoms with Crippen LogP contribution in [0.5, 0.6) is 0 Å². The maximum atomic E-state index is 12.8. The van der Waals surface area contributed by atoms with Crippen LogP contribution in [0.4, 0.5) is 10.7 Å². The molecular formula is C23H17N7O3S3. The smallest absolute Gasteiger partial charge is 0.272 e. The summed E-state index contributed by atoms with van der Waals surface area (Å²) in [6.45, 7) is 0. The monoisotopic (exact) mass is 535 g/mol. The van der Waals surface area contributed by atoms with E-state index in [1.165, 1.54) is 35.2 Å². The van der Waals surface area contributed by atoms with E-state index in [0.29, 0.717) is 26.2 Å². The number of aromatic nitrogens is 1. The zero-order valence-corrected chi connectivity index (χ0v) is 20.8. The second-order valence-corrected chi connectivity index (χ2v) is 11.5. The highest BCUT2D eigenvalue weighted by Gasteiger charge is 2.38. The van der Waals surface area contributed by atoms with E-state index >= 15 is 0 Å².